The zero-order valence-electron chi connectivity index (χ0n) is 20.8. The van der Waals surface area contributed by atoms with E-state index in [-0.39, 0.29) is 18.6 Å². The molecule has 2 bridgehead atoms. The van der Waals surface area contributed by atoms with Gasteiger partial charge in [-0.3, -0.25) is 4.79 Å². The Balaban J connectivity index is 1.89. The molecule has 1 saturated heterocycles. The Labute approximate surface area is 196 Å². The van der Waals surface area contributed by atoms with Gasteiger partial charge in [0.25, 0.3) is 0 Å². The molecule has 1 heterocycles. The lowest BCUT2D eigenvalue weighted by atomic mass is 9.59. The molecular weight excluding hydrogens is 418 g/mol. The van der Waals surface area contributed by atoms with Gasteiger partial charge in [-0.15, -0.1) is 0 Å². The highest BCUT2D eigenvalue weighted by Crippen LogP contribution is 2.77. The molecular formula is C27H35NO5. The molecule has 33 heavy (non-hydrogen) atoms. The van der Waals surface area contributed by atoms with Crippen molar-refractivity contribution >= 4 is 17.4 Å². The first-order valence-electron chi connectivity index (χ1n) is 11.7. The van der Waals surface area contributed by atoms with Crippen molar-refractivity contribution in [2.75, 3.05) is 26.9 Å². The molecule has 6 heteroatoms. The smallest absolute Gasteiger partial charge is 0.335 e. The zero-order chi connectivity index (χ0) is 24.2. The van der Waals surface area contributed by atoms with E-state index in [1.165, 1.54) is 0 Å². The molecule has 1 amide bonds. The summed E-state index contributed by atoms with van der Waals surface area (Å²) in [5, 5.41) is 3.03. The molecule has 0 saturated carbocycles. The van der Waals surface area contributed by atoms with E-state index in [0.717, 1.165) is 28.9 Å². The van der Waals surface area contributed by atoms with Crippen LogP contribution in [0.1, 0.15) is 53.5 Å². The third-order valence-electron chi connectivity index (χ3n) is 8.52. The van der Waals surface area contributed by atoms with Crippen molar-refractivity contribution in [2.45, 2.75) is 54.1 Å². The Bertz CT molecular complexity index is 1050. The number of fused-ring (bicyclic) bond motifs is 2. The van der Waals surface area contributed by atoms with Crippen molar-refractivity contribution < 1.29 is 23.8 Å². The molecule has 6 nitrogen and oxygen atoms in total. The average molecular weight is 454 g/mol. The van der Waals surface area contributed by atoms with Gasteiger partial charge in [0.05, 0.1) is 19.3 Å². The molecule has 0 radical (unpaired) electrons. The van der Waals surface area contributed by atoms with E-state index in [1.54, 1.807) is 7.11 Å². The van der Waals surface area contributed by atoms with Gasteiger partial charge in [-0.05, 0) is 42.0 Å². The van der Waals surface area contributed by atoms with Crippen molar-refractivity contribution in [3.05, 3.63) is 46.5 Å². The van der Waals surface area contributed by atoms with Gasteiger partial charge in [0.15, 0.2) is 0 Å². The quantitative estimate of drug-likeness (QED) is 0.469. The Morgan fingerprint density at radius 2 is 1.73 bits per heavy atom. The summed E-state index contributed by atoms with van der Waals surface area (Å²) in [6.07, 6.45) is 0.781. The van der Waals surface area contributed by atoms with Gasteiger partial charge >= 0.3 is 5.97 Å². The number of rotatable bonds is 8. The number of allylic oxidation sites excluding steroid dienone is 2. The molecule has 0 spiro atoms. The van der Waals surface area contributed by atoms with Crippen molar-refractivity contribution in [3.8, 4) is 5.75 Å². The molecule has 3 atom stereocenters. The second-order valence-corrected chi connectivity index (χ2v) is 10.2. The third-order valence-corrected chi connectivity index (χ3v) is 8.52. The second kappa shape index (κ2) is 8.01. The average Bonchev–Trinajstić information content (AvgIpc) is 3.59. The van der Waals surface area contributed by atoms with Crippen molar-refractivity contribution in [2.24, 2.45) is 16.2 Å². The van der Waals surface area contributed by atoms with E-state index in [2.05, 4.69) is 39.9 Å². The number of methoxy groups -OCH3 is 1. The topological polar surface area (TPSA) is 77.2 Å². The number of ether oxygens (including phenoxy) is 3. The van der Waals surface area contributed by atoms with Gasteiger partial charge in [-0.1, -0.05) is 52.3 Å². The monoisotopic (exact) mass is 453 g/mol. The van der Waals surface area contributed by atoms with Crippen LogP contribution in [0.25, 0.3) is 5.57 Å². The van der Waals surface area contributed by atoms with Crippen LogP contribution in [0.15, 0.2) is 41.0 Å². The predicted octanol–water partition coefficient (Wildman–Crippen LogP) is 4.30. The third kappa shape index (κ3) is 3.17. The number of nitrogens with one attached hydrogen (secondary N) is 1. The summed E-state index contributed by atoms with van der Waals surface area (Å²) in [6, 6.07) is 7.94. The maximum atomic E-state index is 13.6. The van der Waals surface area contributed by atoms with Crippen LogP contribution in [0.3, 0.4) is 0 Å². The van der Waals surface area contributed by atoms with Gasteiger partial charge in [0, 0.05) is 22.9 Å². The van der Waals surface area contributed by atoms with Crippen LogP contribution in [-0.2, 0) is 19.1 Å². The number of hydrogen-bond donors (Lipinski definition) is 1. The second-order valence-electron chi connectivity index (χ2n) is 10.2. The summed E-state index contributed by atoms with van der Waals surface area (Å²) in [4.78, 5) is 27.1. The number of hydrogen-bond acceptors (Lipinski definition) is 5. The van der Waals surface area contributed by atoms with Crippen molar-refractivity contribution in [1.82, 2.24) is 5.32 Å². The standard InChI is InChI=1S/C27H35NO5/c1-8-13-28-23(29)21-22(24(30)33-15-19-14-32-19)26(5)16(2)20(27(21,6)25(26,3)4)17-9-11-18(31-7)12-10-17/h9-12,19H,8,13-15H2,1-7H3,(H,28,29)/t19?,26-,27+/m1/s1. The number of carbonyl (C=O) groups excluding carboxylic acids is 2. The van der Waals surface area contributed by atoms with E-state index in [1.807, 2.05) is 31.2 Å². The van der Waals surface area contributed by atoms with Crippen molar-refractivity contribution in [1.29, 1.82) is 0 Å². The minimum Gasteiger partial charge on any atom is -0.497 e. The lowest BCUT2D eigenvalue weighted by Gasteiger charge is -2.43. The summed E-state index contributed by atoms with van der Waals surface area (Å²) in [5.74, 6) is 0.169. The minimum atomic E-state index is -0.678. The van der Waals surface area contributed by atoms with Crippen LogP contribution in [0.2, 0.25) is 0 Å². The van der Waals surface area contributed by atoms with E-state index in [4.69, 9.17) is 14.2 Å². The SMILES string of the molecule is CCCNC(=O)C1=C(C(=O)OCC2CO2)[C@@]2(C)C(C)=C(c3ccc(OC)cc3)[C@]1(C)C2(C)C. The van der Waals surface area contributed by atoms with Crippen LogP contribution in [0, 0.1) is 16.2 Å². The molecule has 0 aromatic heterocycles. The molecule has 1 fully saturated rings. The Morgan fingerprint density at radius 3 is 2.27 bits per heavy atom. The Morgan fingerprint density at radius 1 is 1.09 bits per heavy atom. The van der Waals surface area contributed by atoms with Crippen LogP contribution in [0.4, 0.5) is 0 Å². The van der Waals surface area contributed by atoms with Gasteiger partial charge in [0.1, 0.15) is 18.5 Å². The van der Waals surface area contributed by atoms with Gasteiger partial charge in [-0.25, -0.2) is 4.79 Å². The number of amides is 1. The summed E-state index contributed by atoms with van der Waals surface area (Å²) in [6.45, 7) is 14.0. The highest BCUT2D eigenvalue weighted by atomic mass is 16.6. The summed E-state index contributed by atoms with van der Waals surface area (Å²) < 4.78 is 16.2. The van der Waals surface area contributed by atoms with E-state index < -0.39 is 22.2 Å². The van der Waals surface area contributed by atoms with Crippen LogP contribution < -0.4 is 10.1 Å². The molecule has 1 aromatic rings. The number of carbonyl (C=O) groups is 2. The Kier molecular flexibility index (Phi) is 5.72. The number of benzene rings is 1. The van der Waals surface area contributed by atoms with Gasteiger partial charge < -0.3 is 19.5 Å². The first-order valence-corrected chi connectivity index (χ1v) is 11.7. The molecule has 178 valence electrons. The van der Waals surface area contributed by atoms with Gasteiger partial charge in [-0.2, -0.15) is 0 Å². The minimum absolute atomic E-state index is 0.0339. The number of epoxide rings is 1. The first kappa shape index (κ1) is 23.6. The fourth-order valence-corrected chi connectivity index (χ4v) is 5.99. The lowest BCUT2D eigenvalue weighted by Crippen LogP contribution is -2.40. The fourth-order valence-electron chi connectivity index (χ4n) is 5.99. The highest BCUT2D eigenvalue weighted by molar-refractivity contribution is 6.11. The first-order chi connectivity index (χ1) is 15.6. The Hall–Kier alpha value is -2.60. The lowest BCUT2D eigenvalue weighted by molar-refractivity contribution is -0.141. The van der Waals surface area contributed by atoms with Crippen LogP contribution in [-0.4, -0.2) is 44.8 Å². The van der Waals surface area contributed by atoms with Crippen LogP contribution in [0.5, 0.6) is 5.75 Å². The summed E-state index contributed by atoms with van der Waals surface area (Å²) in [5.41, 5.74) is 2.49. The zero-order valence-corrected chi connectivity index (χ0v) is 20.8. The highest BCUT2D eigenvalue weighted by Gasteiger charge is 2.72. The number of esters is 1. The summed E-state index contributed by atoms with van der Waals surface area (Å²) >= 11 is 0. The molecule has 1 aromatic carbocycles. The normalized spacial score (nSPS) is 29.4. The molecule has 1 aliphatic heterocycles. The van der Waals surface area contributed by atoms with E-state index >= 15 is 0 Å². The summed E-state index contributed by atoms with van der Waals surface area (Å²) in [7, 11) is 1.64. The predicted molar refractivity (Wildman–Crippen MR) is 127 cm³/mol. The molecule has 4 rings (SSSR count). The fraction of sp³-hybridized carbons (Fsp3) is 0.556. The van der Waals surface area contributed by atoms with Crippen LogP contribution >= 0.6 is 0 Å². The molecule has 1 N–H and O–H groups in total. The molecule has 3 aliphatic rings. The van der Waals surface area contributed by atoms with E-state index in [0.29, 0.717) is 24.3 Å². The molecule has 2 aliphatic carbocycles. The molecule has 1 unspecified atom stereocenters. The largest absolute Gasteiger partial charge is 0.497 e. The van der Waals surface area contributed by atoms with Crippen molar-refractivity contribution in [3.63, 3.8) is 0 Å². The van der Waals surface area contributed by atoms with Gasteiger partial charge in [0.2, 0.25) is 5.91 Å². The van der Waals surface area contributed by atoms with E-state index in [9.17, 15) is 9.59 Å². The maximum absolute atomic E-state index is 13.6. The maximum Gasteiger partial charge on any atom is 0.335 e.